The molecule has 3 fully saturated rings. The van der Waals surface area contributed by atoms with E-state index in [2.05, 4.69) is 15.2 Å². The first-order valence-electron chi connectivity index (χ1n) is 25.1. The number of aromatic nitrogens is 3. The van der Waals surface area contributed by atoms with E-state index in [4.69, 9.17) is 28.4 Å². The summed E-state index contributed by atoms with van der Waals surface area (Å²) in [6, 6.07) is 4.95. The van der Waals surface area contributed by atoms with Gasteiger partial charge in [-0.25, -0.2) is 0 Å². The molecular weight excluding hydrogens is 909 g/mol. The number of non-ortho nitro benzene ring substituents is 1. The second-order valence-corrected chi connectivity index (χ2v) is 21.4. The Bertz CT molecular complexity index is 1970. The zero-order valence-corrected chi connectivity index (χ0v) is 43.7. The molecule has 20 heteroatoms. The Labute approximate surface area is 414 Å². The number of nitro groups is 1. The van der Waals surface area contributed by atoms with Gasteiger partial charge in [-0.1, -0.05) is 32.9 Å². The molecule has 1 aromatic carbocycles. The molecule has 20 nitrogen and oxygen atoms in total. The van der Waals surface area contributed by atoms with Gasteiger partial charge in [-0.15, -0.1) is 5.10 Å². The fourth-order valence-electron chi connectivity index (χ4n) is 11.3. The number of cyclic esters (lactones) is 1. The number of hydrogen-bond acceptors (Lipinski definition) is 18. The van der Waals surface area contributed by atoms with E-state index in [0.29, 0.717) is 51.3 Å². The third-order valence-electron chi connectivity index (χ3n) is 15.6. The number of likely N-dealkylation sites (N-methyl/N-ethyl adjacent to an activating group) is 2. The monoisotopic (exact) mass is 993 g/mol. The second-order valence-electron chi connectivity index (χ2n) is 21.4. The summed E-state index contributed by atoms with van der Waals surface area (Å²) >= 11 is 0. The van der Waals surface area contributed by atoms with Crippen LogP contribution in [0.3, 0.4) is 0 Å². The SMILES string of the molecule is CC[C@H]1OC(=O)[C@H](C)C([C@H]2C[C@@](C)(OC)[C@@H](O)[C@H](C)O2)[C@H](C)[C@@H](O[C@@H]2O[C@H](C)C[C@H](N(C)CCc3cn(CCCOc4ccc([N+](=O)[O-])cc4)nn3)[C@H]2O)[C@](C)(O)C[C@@H](C)CN(C)[C@H](C)[C@@H](O)[C@]1(C)O. The molecule has 4 heterocycles. The Morgan fingerprint density at radius 2 is 1.67 bits per heavy atom. The predicted octanol–water partition coefficient (Wildman–Crippen LogP) is 3.76. The van der Waals surface area contributed by atoms with Gasteiger partial charge in [0.15, 0.2) is 6.29 Å². The van der Waals surface area contributed by atoms with E-state index in [-0.39, 0.29) is 37.0 Å². The van der Waals surface area contributed by atoms with E-state index < -0.39 is 107 Å². The van der Waals surface area contributed by atoms with Gasteiger partial charge in [-0.2, -0.15) is 0 Å². The van der Waals surface area contributed by atoms with Gasteiger partial charge in [0.05, 0.1) is 58.8 Å². The van der Waals surface area contributed by atoms with Crippen molar-refractivity contribution < 1.29 is 63.7 Å². The molecule has 0 saturated carbocycles. The number of benzene rings is 1. The highest BCUT2D eigenvalue weighted by Gasteiger charge is 2.55. The van der Waals surface area contributed by atoms with Gasteiger partial charge in [-0.05, 0) is 98.9 Å². The molecule has 70 heavy (non-hydrogen) atoms. The fraction of sp³-hybridized carbons (Fsp3) is 0.820. The van der Waals surface area contributed by atoms with E-state index in [1.54, 1.807) is 58.4 Å². The lowest BCUT2D eigenvalue weighted by molar-refractivity contribution is -0.384. The summed E-state index contributed by atoms with van der Waals surface area (Å²) in [6.45, 7) is 19.7. The van der Waals surface area contributed by atoms with E-state index in [9.17, 15) is 40.4 Å². The molecule has 3 saturated heterocycles. The number of aliphatic hydroxyl groups is 5. The van der Waals surface area contributed by atoms with Crippen molar-refractivity contribution in [2.45, 2.75) is 198 Å². The van der Waals surface area contributed by atoms with Crippen molar-refractivity contribution in [3.8, 4) is 5.75 Å². The minimum absolute atomic E-state index is 0.00266. The molecule has 3 aliphatic rings. The topological polar surface area (TPSA) is 254 Å². The molecule has 0 bridgehead atoms. The summed E-state index contributed by atoms with van der Waals surface area (Å²) in [7, 11) is 5.29. The number of esters is 1. The molecule has 0 spiro atoms. The van der Waals surface area contributed by atoms with Gasteiger partial charge < -0.3 is 63.8 Å². The molecule has 1 aromatic heterocycles. The summed E-state index contributed by atoms with van der Waals surface area (Å²) in [4.78, 5) is 29.1. The zero-order chi connectivity index (χ0) is 52.0. The van der Waals surface area contributed by atoms with Crippen LogP contribution in [0.2, 0.25) is 0 Å². The number of hydrogen-bond donors (Lipinski definition) is 5. The maximum atomic E-state index is 14.6. The van der Waals surface area contributed by atoms with Crippen molar-refractivity contribution in [3.63, 3.8) is 0 Å². The molecule has 18 atom stereocenters. The van der Waals surface area contributed by atoms with Crippen molar-refractivity contribution in [2.24, 2.45) is 23.7 Å². The van der Waals surface area contributed by atoms with Crippen molar-refractivity contribution in [1.29, 1.82) is 0 Å². The summed E-state index contributed by atoms with van der Waals surface area (Å²) in [6.07, 6.45) is -4.42. The van der Waals surface area contributed by atoms with Crippen LogP contribution in [0.15, 0.2) is 30.5 Å². The number of aryl methyl sites for hydroxylation is 1. The van der Waals surface area contributed by atoms with Gasteiger partial charge in [0.25, 0.3) is 5.69 Å². The highest BCUT2D eigenvalue weighted by atomic mass is 16.7. The standard InChI is InChI=1S/C50H84N6O14/c1-14-40-50(10,62)43(58)33(6)54(12)27-29(2)25-48(8,61)45(31(4)41(32(5)46(60)69-40)39-26-49(9,65-13)44(59)34(7)68-39)70-47-42(57)38(24-30(3)67-47)53(11)22-20-35-28-55(52-51-35)21-15-23-66-37-18-16-36(17-19-37)56(63)64/h16-19,28-34,38-45,47,57-59,61-62H,14-15,20-27H2,1-13H3/t29-,30-,31+,32-,33-,34+,38+,39-,40-,41?,42-,43-,44+,45-,47+,48-,49-,50-/m1/s1. The van der Waals surface area contributed by atoms with Crippen LogP contribution in [0.25, 0.3) is 0 Å². The Hall–Kier alpha value is -3.41. The first-order chi connectivity index (χ1) is 32.7. The van der Waals surface area contributed by atoms with Crippen LogP contribution < -0.4 is 4.74 Å². The Morgan fingerprint density at radius 1 is 1.00 bits per heavy atom. The van der Waals surface area contributed by atoms with E-state index in [1.165, 1.54) is 26.2 Å². The van der Waals surface area contributed by atoms with Crippen LogP contribution in [0.1, 0.15) is 107 Å². The molecule has 5 rings (SSSR count). The average Bonchev–Trinajstić information content (AvgIpc) is 3.76. The lowest BCUT2D eigenvalue weighted by Gasteiger charge is -2.51. The smallest absolute Gasteiger partial charge is 0.309 e. The van der Waals surface area contributed by atoms with Crippen LogP contribution in [-0.4, -0.2) is 186 Å². The summed E-state index contributed by atoms with van der Waals surface area (Å²) < 4.78 is 39.6. The van der Waals surface area contributed by atoms with Crippen molar-refractivity contribution in [1.82, 2.24) is 24.8 Å². The minimum Gasteiger partial charge on any atom is -0.494 e. The normalized spacial score (nSPS) is 39.8. The molecule has 0 radical (unpaired) electrons. The minimum atomic E-state index is -1.82. The van der Waals surface area contributed by atoms with Gasteiger partial charge in [-0.3, -0.25) is 19.6 Å². The summed E-state index contributed by atoms with van der Waals surface area (Å²) in [5.41, 5.74) is -3.72. The number of rotatable bonds is 15. The Balaban J connectivity index is 1.39. The lowest BCUT2D eigenvalue weighted by Crippen LogP contribution is -2.62. The highest BCUT2D eigenvalue weighted by molar-refractivity contribution is 5.73. The molecule has 0 amide bonds. The third-order valence-corrected chi connectivity index (χ3v) is 15.6. The van der Waals surface area contributed by atoms with E-state index >= 15 is 0 Å². The van der Waals surface area contributed by atoms with E-state index in [1.807, 2.05) is 46.0 Å². The van der Waals surface area contributed by atoms with Crippen molar-refractivity contribution in [2.75, 3.05) is 40.9 Å². The number of aliphatic hydroxyl groups excluding tert-OH is 3. The number of nitro benzene ring substituents is 1. The number of carbonyl (C=O) groups is 1. The van der Waals surface area contributed by atoms with Crippen molar-refractivity contribution >= 4 is 11.7 Å². The Kier molecular flexibility index (Phi) is 19.8. The van der Waals surface area contributed by atoms with Gasteiger partial charge in [0.1, 0.15) is 35.8 Å². The van der Waals surface area contributed by atoms with E-state index in [0.717, 1.165) is 5.69 Å². The van der Waals surface area contributed by atoms with Crippen LogP contribution in [0, 0.1) is 33.8 Å². The lowest BCUT2D eigenvalue weighted by atomic mass is 9.68. The first kappa shape index (κ1) is 57.5. The highest BCUT2D eigenvalue weighted by Crippen LogP contribution is 2.45. The van der Waals surface area contributed by atoms with Crippen LogP contribution in [-0.2, 0) is 41.4 Å². The third kappa shape index (κ3) is 13.6. The molecule has 3 aliphatic heterocycles. The van der Waals surface area contributed by atoms with Crippen LogP contribution >= 0.6 is 0 Å². The largest absolute Gasteiger partial charge is 0.494 e. The first-order valence-corrected chi connectivity index (χ1v) is 25.1. The predicted molar refractivity (Wildman–Crippen MR) is 259 cm³/mol. The molecule has 0 aliphatic carbocycles. The summed E-state index contributed by atoms with van der Waals surface area (Å²) in [5, 5.41) is 79.6. The number of methoxy groups -OCH3 is 1. The van der Waals surface area contributed by atoms with Gasteiger partial charge in [0, 0.05) is 82.3 Å². The zero-order valence-electron chi connectivity index (χ0n) is 43.7. The maximum Gasteiger partial charge on any atom is 0.309 e. The molecule has 5 N–H and O–H groups in total. The quantitative estimate of drug-likeness (QED) is 0.0737. The number of carbonyl (C=O) groups excluding carboxylic acids is 1. The van der Waals surface area contributed by atoms with Gasteiger partial charge >= 0.3 is 5.97 Å². The number of nitrogens with zero attached hydrogens (tertiary/aromatic N) is 6. The van der Waals surface area contributed by atoms with Crippen molar-refractivity contribution in [3.05, 3.63) is 46.3 Å². The fourth-order valence-corrected chi connectivity index (χ4v) is 11.3. The summed E-state index contributed by atoms with van der Waals surface area (Å²) in [5.74, 6) is -2.64. The Morgan fingerprint density at radius 3 is 2.30 bits per heavy atom. The second kappa shape index (κ2) is 24.1. The van der Waals surface area contributed by atoms with Crippen LogP contribution in [0.5, 0.6) is 5.75 Å². The molecule has 2 aromatic rings. The average molecular weight is 993 g/mol. The van der Waals surface area contributed by atoms with Crippen LogP contribution in [0.4, 0.5) is 5.69 Å². The molecular formula is C50H84N6O14. The van der Waals surface area contributed by atoms with Gasteiger partial charge in [0.2, 0.25) is 0 Å². The maximum absolute atomic E-state index is 14.6. The number of ether oxygens (including phenoxy) is 6. The molecule has 398 valence electrons. The molecule has 1 unspecified atom stereocenters.